The fraction of sp³-hybridized carbons (Fsp3) is 0.444. The standard InChI is InChI=1S/C18H20O3/c1-3-4-7-13-11-14(19)10-12(2)18(13)15-8-5-6-9-16(15)21-17(18)20/h5-6,8-10,13H,3-4,7,11H2,1-2H3/t13-,18+/m0/s1. The molecule has 0 amide bonds. The molecule has 0 saturated carbocycles. The summed E-state index contributed by atoms with van der Waals surface area (Å²) >= 11 is 0. The molecule has 1 aromatic carbocycles. The minimum absolute atomic E-state index is 0.00565. The second-order valence-corrected chi connectivity index (χ2v) is 6.03. The maximum Gasteiger partial charge on any atom is 0.326 e. The Labute approximate surface area is 125 Å². The van der Waals surface area contributed by atoms with Crippen LogP contribution in [0, 0.1) is 5.92 Å². The highest BCUT2D eigenvalue weighted by Crippen LogP contribution is 2.53. The first-order chi connectivity index (χ1) is 10.1. The summed E-state index contributed by atoms with van der Waals surface area (Å²) in [7, 11) is 0. The van der Waals surface area contributed by atoms with E-state index in [-0.39, 0.29) is 17.7 Å². The molecule has 21 heavy (non-hydrogen) atoms. The number of hydrogen-bond donors (Lipinski definition) is 0. The SMILES string of the molecule is CCCC[C@H]1CC(=O)C=C(C)[C@@]12C(=O)Oc1ccccc12. The first kappa shape index (κ1) is 14.1. The molecular weight excluding hydrogens is 264 g/mol. The van der Waals surface area contributed by atoms with E-state index in [2.05, 4.69) is 6.92 Å². The van der Waals surface area contributed by atoms with Crippen LogP contribution in [-0.2, 0) is 15.0 Å². The molecule has 3 rings (SSSR count). The van der Waals surface area contributed by atoms with Crippen molar-refractivity contribution < 1.29 is 14.3 Å². The van der Waals surface area contributed by atoms with E-state index in [9.17, 15) is 9.59 Å². The summed E-state index contributed by atoms with van der Waals surface area (Å²) in [5, 5.41) is 0. The van der Waals surface area contributed by atoms with Gasteiger partial charge in [-0.1, -0.05) is 38.0 Å². The van der Waals surface area contributed by atoms with Crippen LogP contribution in [0.2, 0.25) is 0 Å². The van der Waals surface area contributed by atoms with Gasteiger partial charge in [0.15, 0.2) is 5.78 Å². The molecule has 0 radical (unpaired) electrons. The Morgan fingerprint density at radius 3 is 2.81 bits per heavy atom. The Hall–Kier alpha value is -1.90. The number of ketones is 1. The van der Waals surface area contributed by atoms with Crippen LogP contribution < -0.4 is 4.74 Å². The first-order valence-corrected chi connectivity index (χ1v) is 7.64. The monoisotopic (exact) mass is 284 g/mol. The third kappa shape index (κ3) is 1.95. The summed E-state index contributed by atoms with van der Waals surface area (Å²) in [6.07, 6.45) is 5.01. The molecular formula is C18H20O3. The van der Waals surface area contributed by atoms with Crippen LogP contribution in [0.3, 0.4) is 0 Å². The lowest BCUT2D eigenvalue weighted by Crippen LogP contribution is -2.45. The number of allylic oxidation sites excluding steroid dienone is 1. The summed E-state index contributed by atoms with van der Waals surface area (Å²) < 4.78 is 5.52. The second-order valence-electron chi connectivity index (χ2n) is 6.03. The van der Waals surface area contributed by atoms with Gasteiger partial charge in [0.05, 0.1) is 0 Å². The summed E-state index contributed by atoms with van der Waals surface area (Å²) in [5.41, 5.74) is 1.01. The van der Waals surface area contributed by atoms with Crippen molar-refractivity contribution in [1.82, 2.24) is 0 Å². The Balaban J connectivity index is 2.17. The van der Waals surface area contributed by atoms with Crippen LogP contribution in [0.25, 0.3) is 0 Å². The zero-order valence-electron chi connectivity index (χ0n) is 12.5. The van der Waals surface area contributed by atoms with Gasteiger partial charge in [-0.25, -0.2) is 0 Å². The highest BCUT2D eigenvalue weighted by atomic mass is 16.5. The van der Waals surface area contributed by atoms with Crippen molar-refractivity contribution in [3.63, 3.8) is 0 Å². The summed E-state index contributed by atoms with van der Waals surface area (Å²) in [6, 6.07) is 7.61. The zero-order valence-corrected chi connectivity index (χ0v) is 12.5. The van der Waals surface area contributed by atoms with Crippen LogP contribution in [0.5, 0.6) is 5.75 Å². The van der Waals surface area contributed by atoms with E-state index in [0.717, 1.165) is 30.4 Å². The molecule has 3 heteroatoms. The van der Waals surface area contributed by atoms with Crippen molar-refractivity contribution in [3.8, 4) is 5.75 Å². The van der Waals surface area contributed by atoms with Gasteiger partial charge < -0.3 is 4.74 Å². The van der Waals surface area contributed by atoms with Crippen LogP contribution in [0.15, 0.2) is 35.9 Å². The number of esters is 1. The first-order valence-electron chi connectivity index (χ1n) is 7.64. The highest BCUT2D eigenvalue weighted by Gasteiger charge is 2.56. The predicted molar refractivity (Wildman–Crippen MR) is 80.2 cm³/mol. The number of fused-ring (bicyclic) bond motifs is 2. The van der Waals surface area contributed by atoms with Gasteiger partial charge in [-0.15, -0.1) is 0 Å². The molecule has 1 aliphatic carbocycles. The number of benzene rings is 1. The van der Waals surface area contributed by atoms with Crippen LogP contribution in [0.1, 0.15) is 45.1 Å². The fourth-order valence-corrected chi connectivity index (χ4v) is 3.83. The van der Waals surface area contributed by atoms with Crippen molar-refractivity contribution >= 4 is 11.8 Å². The van der Waals surface area contributed by atoms with Crippen molar-refractivity contribution in [1.29, 1.82) is 0 Å². The molecule has 0 N–H and O–H groups in total. The van der Waals surface area contributed by atoms with Crippen LogP contribution >= 0.6 is 0 Å². The van der Waals surface area contributed by atoms with Gasteiger partial charge >= 0.3 is 5.97 Å². The fourth-order valence-electron chi connectivity index (χ4n) is 3.83. The Morgan fingerprint density at radius 2 is 2.05 bits per heavy atom. The lowest BCUT2D eigenvalue weighted by Gasteiger charge is -2.38. The van der Waals surface area contributed by atoms with Gasteiger partial charge in [0.2, 0.25) is 0 Å². The lowest BCUT2D eigenvalue weighted by atomic mass is 9.61. The van der Waals surface area contributed by atoms with Gasteiger partial charge in [-0.2, -0.15) is 0 Å². The molecule has 0 bridgehead atoms. The van der Waals surface area contributed by atoms with Crippen LogP contribution in [-0.4, -0.2) is 11.8 Å². The molecule has 2 atom stereocenters. The average molecular weight is 284 g/mol. The molecule has 110 valence electrons. The predicted octanol–water partition coefficient (Wildman–Crippen LogP) is 3.57. The van der Waals surface area contributed by atoms with E-state index < -0.39 is 5.41 Å². The average Bonchev–Trinajstić information content (AvgIpc) is 2.75. The molecule has 0 unspecified atom stereocenters. The third-order valence-electron chi connectivity index (χ3n) is 4.80. The van der Waals surface area contributed by atoms with E-state index in [1.807, 2.05) is 31.2 Å². The highest BCUT2D eigenvalue weighted by molar-refractivity contribution is 6.01. The number of carbonyl (C=O) groups excluding carboxylic acids is 2. The Kier molecular flexibility index (Phi) is 3.44. The maximum atomic E-state index is 12.7. The quantitative estimate of drug-likeness (QED) is 0.629. The summed E-state index contributed by atoms with van der Waals surface area (Å²) in [6.45, 7) is 4.01. The molecule has 1 heterocycles. The lowest BCUT2D eigenvalue weighted by molar-refractivity contribution is -0.139. The summed E-state index contributed by atoms with van der Waals surface area (Å²) in [4.78, 5) is 24.7. The topological polar surface area (TPSA) is 43.4 Å². The number of rotatable bonds is 3. The molecule has 3 nitrogen and oxygen atoms in total. The molecule has 2 aliphatic rings. The molecule has 0 aromatic heterocycles. The van der Waals surface area contributed by atoms with Gasteiger partial charge in [0.25, 0.3) is 0 Å². The van der Waals surface area contributed by atoms with Crippen LogP contribution in [0.4, 0.5) is 0 Å². The molecule has 1 aliphatic heterocycles. The Morgan fingerprint density at radius 1 is 1.29 bits per heavy atom. The van der Waals surface area contributed by atoms with E-state index in [4.69, 9.17) is 4.74 Å². The molecule has 1 spiro atoms. The van der Waals surface area contributed by atoms with Crippen molar-refractivity contribution in [2.75, 3.05) is 0 Å². The number of carbonyl (C=O) groups is 2. The summed E-state index contributed by atoms with van der Waals surface area (Å²) in [5.74, 6) is 0.555. The molecule has 1 aromatic rings. The second kappa shape index (κ2) is 5.14. The van der Waals surface area contributed by atoms with E-state index in [1.54, 1.807) is 6.08 Å². The number of hydrogen-bond acceptors (Lipinski definition) is 3. The molecule has 0 saturated heterocycles. The Bertz CT molecular complexity index is 629. The zero-order chi connectivity index (χ0) is 15.0. The smallest absolute Gasteiger partial charge is 0.326 e. The largest absolute Gasteiger partial charge is 0.425 e. The van der Waals surface area contributed by atoms with Crippen molar-refractivity contribution in [2.45, 2.75) is 44.9 Å². The van der Waals surface area contributed by atoms with Crippen molar-refractivity contribution in [2.24, 2.45) is 5.92 Å². The van der Waals surface area contributed by atoms with E-state index >= 15 is 0 Å². The minimum Gasteiger partial charge on any atom is -0.425 e. The molecule has 0 fully saturated rings. The normalized spacial score (nSPS) is 27.5. The van der Waals surface area contributed by atoms with Crippen molar-refractivity contribution in [3.05, 3.63) is 41.5 Å². The van der Waals surface area contributed by atoms with Gasteiger partial charge in [0, 0.05) is 12.0 Å². The number of ether oxygens (including phenoxy) is 1. The van der Waals surface area contributed by atoms with E-state index in [0.29, 0.717) is 12.2 Å². The minimum atomic E-state index is -0.750. The number of para-hydroxylation sites is 1. The third-order valence-corrected chi connectivity index (χ3v) is 4.80. The van der Waals surface area contributed by atoms with E-state index in [1.165, 1.54) is 0 Å². The van der Waals surface area contributed by atoms with Gasteiger partial charge in [0.1, 0.15) is 11.2 Å². The number of unbranched alkanes of at least 4 members (excludes halogenated alkanes) is 1. The van der Waals surface area contributed by atoms with Gasteiger partial charge in [-0.05, 0) is 37.0 Å². The van der Waals surface area contributed by atoms with Gasteiger partial charge in [-0.3, -0.25) is 9.59 Å². The maximum absolute atomic E-state index is 12.7.